The Kier molecular flexibility index (Phi) is 4.55. The maximum Gasteiger partial charge on any atom is 0.123 e. The van der Waals surface area contributed by atoms with Crippen molar-refractivity contribution < 1.29 is 13.9 Å². The predicted octanol–water partition coefficient (Wildman–Crippen LogP) is 2.20. The second-order valence-electron chi connectivity index (χ2n) is 5.26. The molecule has 4 heteroatoms. The highest BCUT2D eigenvalue weighted by atomic mass is 19.1. The normalized spacial score (nSPS) is 20.2. The number of rotatable bonds is 4. The third-order valence-corrected chi connectivity index (χ3v) is 4.17. The molecule has 3 nitrogen and oxygen atoms in total. The van der Waals surface area contributed by atoms with Crippen LogP contribution in [0, 0.1) is 12.7 Å². The Balaban J connectivity index is 2.14. The molecule has 0 aliphatic carbocycles. The van der Waals surface area contributed by atoms with E-state index >= 15 is 0 Å². The Labute approximate surface area is 113 Å². The van der Waals surface area contributed by atoms with E-state index in [1.807, 2.05) is 6.92 Å². The monoisotopic (exact) mass is 267 g/mol. The third-order valence-electron chi connectivity index (χ3n) is 4.17. The van der Waals surface area contributed by atoms with Crippen LogP contribution in [0.15, 0.2) is 18.2 Å². The lowest BCUT2D eigenvalue weighted by Gasteiger charge is -2.40. The first-order valence-corrected chi connectivity index (χ1v) is 6.71. The van der Waals surface area contributed by atoms with Gasteiger partial charge >= 0.3 is 0 Å². The van der Waals surface area contributed by atoms with Gasteiger partial charge in [-0.3, -0.25) is 0 Å². The van der Waals surface area contributed by atoms with Crippen molar-refractivity contribution in [1.82, 2.24) is 0 Å². The quantitative estimate of drug-likeness (QED) is 0.909. The predicted molar refractivity (Wildman–Crippen MR) is 72.6 cm³/mol. The van der Waals surface area contributed by atoms with Crippen molar-refractivity contribution in [2.45, 2.75) is 37.8 Å². The molecule has 2 rings (SSSR count). The van der Waals surface area contributed by atoms with E-state index in [0.29, 0.717) is 19.6 Å². The number of hydrogen-bond acceptors (Lipinski definition) is 3. The summed E-state index contributed by atoms with van der Waals surface area (Å²) in [6, 6.07) is 4.69. The van der Waals surface area contributed by atoms with Gasteiger partial charge in [0.2, 0.25) is 0 Å². The minimum absolute atomic E-state index is 0.151. The van der Waals surface area contributed by atoms with Crippen LogP contribution in [0.5, 0.6) is 0 Å². The maximum atomic E-state index is 13.3. The standard InChI is InChI=1S/C15H22FNO2/c1-11-3-4-13(16)9-12(11)10-14(17)15(18-2)5-7-19-8-6-15/h3-4,9,14H,5-8,10,17H2,1-2H3. The van der Waals surface area contributed by atoms with Gasteiger partial charge in [-0.05, 0) is 36.6 Å². The van der Waals surface area contributed by atoms with Crippen LogP contribution in [0.25, 0.3) is 0 Å². The summed E-state index contributed by atoms with van der Waals surface area (Å²) in [6.07, 6.45) is 2.20. The van der Waals surface area contributed by atoms with Crippen LogP contribution in [0.3, 0.4) is 0 Å². The fraction of sp³-hybridized carbons (Fsp3) is 0.600. The molecule has 1 aliphatic heterocycles. The van der Waals surface area contributed by atoms with E-state index in [1.54, 1.807) is 19.2 Å². The summed E-state index contributed by atoms with van der Waals surface area (Å²) in [5.41, 5.74) is 8.01. The summed E-state index contributed by atoms with van der Waals surface area (Å²) in [5.74, 6) is -0.216. The summed E-state index contributed by atoms with van der Waals surface area (Å²) >= 11 is 0. The molecule has 1 unspecified atom stereocenters. The molecule has 0 amide bonds. The van der Waals surface area contributed by atoms with Crippen LogP contribution in [-0.2, 0) is 15.9 Å². The van der Waals surface area contributed by atoms with E-state index in [4.69, 9.17) is 15.2 Å². The molecule has 1 aromatic rings. The molecule has 0 radical (unpaired) electrons. The Morgan fingerprint density at radius 2 is 2.11 bits per heavy atom. The average molecular weight is 267 g/mol. The molecular formula is C15H22FNO2. The Bertz CT molecular complexity index is 430. The van der Waals surface area contributed by atoms with Crippen molar-refractivity contribution in [3.63, 3.8) is 0 Å². The second-order valence-corrected chi connectivity index (χ2v) is 5.26. The minimum Gasteiger partial charge on any atom is -0.381 e. The largest absolute Gasteiger partial charge is 0.381 e. The highest BCUT2D eigenvalue weighted by molar-refractivity contribution is 5.28. The zero-order valence-electron chi connectivity index (χ0n) is 11.6. The summed E-state index contributed by atoms with van der Waals surface area (Å²) in [7, 11) is 1.70. The maximum absolute atomic E-state index is 13.3. The number of halogens is 1. The first-order chi connectivity index (χ1) is 9.07. The van der Waals surface area contributed by atoms with Gasteiger partial charge in [0.1, 0.15) is 5.82 Å². The van der Waals surface area contributed by atoms with Gasteiger partial charge in [0.05, 0.1) is 5.60 Å². The highest BCUT2D eigenvalue weighted by Gasteiger charge is 2.38. The molecule has 1 saturated heterocycles. The number of benzene rings is 1. The van der Waals surface area contributed by atoms with E-state index < -0.39 is 0 Å². The molecule has 0 aromatic heterocycles. The van der Waals surface area contributed by atoms with Crippen LogP contribution in [0.1, 0.15) is 24.0 Å². The summed E-state index contributed by atoms with van der Waals surface area (Å²) in [5, 5.41) is 0. The lowest BCUT2D eigenvalue weighted by molar-refractivity contribution is -0.103. The van der Waals surface area contributed by atoms with Crippen LogP contribution >= 0.6 is 0 Å². The first kappa shape index (κ1) is 14.4. The van der Waals surface area contributed by atoms with Crippen molar-refractivity contribution in [3.05, 3.63) is 35.1 Å². The van der Waals surface area contributed by atoms with Crippen LogP contribution in [0.2, 0.25) is 0 Å². The van der Waals surface area contributed by atoms with Crippen molar-refractivity contribution >= 4 is 0 Å². The number of nitrogens with two attached hydrogens (primary N) is 1. The van der Waals surface area contributed by atoms with Crippen LogP contribution < -0.4 is 5.73 Å². The van der Waals surface area contributed by atoms with E-state index in [0.717, 1.165) is 24.0 Å². The minimum atomic E-state index is -0.350. The lowest BCUT2D eigenvalue weighted by Crippen LogP contribution is -2.54. The molecule has 1 aromatic carbocycles. The SMILES string of the molecule is COC1(C(N)Cc2cc(F)ccc2C)CCOCC1. The second kappa shape index (κ2) is 5.99. The zero-order chi connectivity index (χ0) is 13.9. The highest BCUT2D eigenvalue weighted by Crippen LogP contribution is 2.29. The third kappa shape index (κ3) is 3.14. The van der Waals surface area contributed by atoms with Crippen LogP contribution in [0.4, 0.5) is 4.39 Å². The van der Waals surface area contributed by atoms with Gasteiger partial charge in [-0.25, -0.2) is 4.39 Å². The molecule has 0 saturated carbocycles. The topological polar surface area (TPSA) is 44.5 Å². The van der Waals surface area contributed by atoms with Gasteiger partial charge < -0.3 is 15.2 Å². The fourth-order valence-corrected chi connectivity index (χ4v) is 2.73. The number of hydrogen-bond donors (Lipinski definition) is 1. The molecule has 1 atom stereocenters. The summed E-state index contributed by atoms with van der Waals surface area (Å²) in [6.45, 7) is 3.32. The van der Waals surface area contributed by atoms with Crippen molar-refractivity contribution in [3.8, 4) is 0 Å². The Morgan fingerprint density at radius 1 is 1.42 bits per heavy atom. The van der Waals surface area contributed by atoms with Crippen molar-refractivity contribution in [1.29, 1.82) is 0 Å². The van der Waals surface area contributed by atoms with Gasteiger partial charge in [0.15, 0.2) is 0 Å². The van der Waals surface area contributed by atoms with E-state index in [2.05, 4.69) is 0 Å². The Morgan fingerprint density at radius 3 is 2.74 bits per heavy atom. The molecule has 1 fully saturated rings. The molecule has 1 aliphatic rings. The number of methoxy groups -OCH3 is 1. The molecule has 0 bridgehead atoms. The van der Waals surface area contributed by atoms with Crippen molar-refractivity contribution in [2.24, 2.45) is 5.73 Å². The molecular weight excluding hydrogens is 245 g/mol. The molecule has 2 N–H and O–H groups in total. The van der Waals surface area contributed by atoms with E-state index in [1.165, 1.54) is 6.07 Å². The van der Waals surface area contributed by atoms with E-state index in [-0.39, 0.29) is 17.5 Å². The molecule has 1 heterocycles. The lowest BCUT2D eigenvalue weighted by atomic mass is 9.82. The van der Waals surface area contributed by atoms with Gasteiger partial charge in [-0.1, -0.05) is 6.07 Å². The fourth-order valence-electron chi connectivity index (χ4n) is 2.73. The first-order valence-electron chi connectivity index (χ1n) is 6.71. The zero-order valence-corrected chi connectivity index (χ0v) is 11.6. The smallest absolute Gasteiger partial charge is 0.123 e. The summed E-state index contributed by atoms with van der Waals surface area (Å²) in [4.78, 5) is 0. The van der Waals surface area contributed by atoms with E-state index in [9.17, 15) is 4.39 Å². The van der Waals surface area contributed by atoms with Crippen molar-refractivity contribution in [2.75, 3.05) is 20.3 Å². The number of aryl methyl sites for hydroxylation is 1. The Hall–Kier alpha value is -0.970. The van der Waals surface area contributed by atoms with Gasteiger partial charge in [0.25, 0.3) is 0 Å². The van der Waals surface area contributed by atoms with Gasteiger partial charge in [-0.2, -0.15) is 0 Å². The molecule has 19 heavy (non-hydrogen) atoms. The number of ether oxygens (including phenoxy) is 2. The van der Waals surface area contributed by atoms with Gasteiger partial charge in [-0.15, -0.1) is 0 Å². The average Bonchev–Trinajstić information content (AvgIpc) is 2.43. The van der Waals surface area contributed by atoms with Crippen LogP contribution in [-0.4, -0.2) is 32.0 Å². The van der Waals surface area contributed by atoms with Gasteiger partial charge in [0, 0.05) is 39.2 Å². The molecule has 0 spiro atoms. The molecule has 106 valence electrons. The summed E-state index contributed by atoms with van der Waals surface area (Å²) < 4.78 is 24.4.